The quantitative estimate of drug-likeness (QED) is 0.884. The second kappa shape index (κ2) is 6.25. The van der Waals surface area contributed by atoms with Crippen molar-refractivity contribution in [3.05, 3.63) is 30.0 Å². The molecule has 2 N–H and O–H groups in total. The molecular weight excluding hydrogens is 334 g/mol. The van der Waals surface area contributed by atoms with Crippen LogP contribution in [0.3, 0.4) is 0 Å². The van der Waals surface area contributed by atoms with E-state index < -0.39 is 0 Å². The van der Waals surface area contributed by atoms with E-state index in [1.54, 1.807) is 0 Å². The SMILES string of the molecule is O=C(N[C@@H]1C[C@H]2CC[C@@H]1N2)c1ccc2occ(N3CCSCC3)c2c1. The van der Waals surface area contributed by atoms with Crippen molar-refractivity contribution >= 4 is 34.3 Å². The number of amides is 1. The Hall–Kier alpha value is -1.66. The Labute approximate surface area is 151 Å². The predicted octanol–water partition coefficient (Wildman–Crippen LogP) is 2.61. The molecule has 1 aromatic carbocycles. The highest BCUT2D eigenvalue weighted by molar-refractivity contribution is 7.99. The van der Waals surface area contributed by atoms with Crippen molar-refractivity contribution in [1.82, 2.24) is 10.6 Å². The molecule has 1 aromatic heterocycles. The van der Waals surface area contributed by atoms with Crippen LogP contribution >= 0.6 is 11.8 Å². The van der Waals surface area contributed by atoms with Gasteiger partial charge < -0.3 is 20.0 Å². The van der Waals surface area contributed by atoms with Crippen molar-refractivity contribution in [2.75, 3.05) is 29.5 Å². The number of rotatable bonds is 3. The van der Waals surface area contributed by atoms with Crippen LogP contribution in [0.25, 0.3) is 11.0 Å². The fourth-order valence-corrected chi connectivity index (χ4v) is 5.34. The van der Waals surface area contributed by atoms with E-state index in [4.69, 9.17) is 4.42 Å². The van der Waals surface area contributed by atoms with Crippen molar-refractivity contribution in [2.24, 2.45) is 0 Å². The number of thioether (sulfide) groups is 1. The maximum Gasteiger partial charge on any atom is 0.251 e. The molecule has 0 saturated carbocycles. The Morgan fingerprint density at radius 1 is 1.28 bits per heavy atom. The molecule has 5 nitrogen and oxygen atoms in total. The van der Waals surface area contributed by atoms with Crippen molar-refractivity contribution in [3.63, 3.8) is 0 Å². The predicted molar refractivity (Wildman–Crippen MR) is 102 cm³/mol. The number of nitrogens with zero attached hydrogens (tertiary/aromatic N) is 1. The van der Waals surface area contributed by atoms with Gasteiger partial charge in [-0.15, -0.1) is 0 Å². The van der Waals surface area contributed by atoms with Crippen LogP contribution in [0.5, 0.6) is 0 Å². The number of benzene rings is 1. The number of carbonyl (C=O) groups is 1. The number of anilines is 1. The van der Waals surface area contributed by atoms with Crippen LogP contribution in [0.4, 0.5) is 5.69 Å². The zero-order chi connectivity index (χ0) is 16.8. The summed E-state index contributed by atoms with van der Waals surface area (Å²) in [5, 5.41) is 7.85. The highest BCUT2D eigenvalue weighted by Gasteiger charge is 2.39. The monoisotopic (exact) mass is 357 g/mol. The van der Waals surface area contributed by atoms with Gasteiger partial charge >= 0.3 is 0 Å². The molecule has 1 amide bonds. The number of hydrogen-bond acceptors (Lipinski definition) is 5. The van der Waals surface area contributed by atoms with Gasteiger partial charge in [0.15, 0.2) is 0 Å². The van der Waals surface area contributed by atoms with E-state index in [2.05, 4.69) is 15.5 Å². The third-order valence-electron chi connectivity index (χ3n) is 5.78. The molecule has 3 atom stereocenters. The summed E-state index contributed by atoms with van der Waals surface area (Å²) in [6.45, 7) is 2.07. The van der Waals surface area contributed by atoms with Gasteiger partial charge in [0.2, 0.25) is 0 Å². The van der Waals surface area contributed by atoms with Crippen LogP contribution in [0.2, 0.25) is 0 Å². The summed E-state index contributed by atoms with van der Waals surface area (Å²) in [5.74, 6) is 2.32. The molecule has 2 bridgehead atoms. The van der Waals surface area contributed by atoms with Crippen LogP contribution < -0.4 is 15.5 Å². The van der Waals surface area contributed by atoms with Gasteiger partial charge in [0.1, 0.15) is 11.8 Å². The maximum absolute atomic E-state index is 12.7. The van der Waals surface area contributed by atoms with E-state index >= 15 is 0 Å². The number of hydrogen-bond donors (Lipinski definition) is 2. The van der Waals surface area contributed by atoms with E-state index in [-0.39, 0.29) is 11.9 Å². The summed E-state index contributed by atoms with van der Waals surface area (Å²) in [4.78, 5) is 15.1. The molecular formula is C19H23N3O2S. The second-order valence-electron chi connectivity index (χ2n) is 7.29. The number of nitrogens with one attached hydrogen (secondary N) is 2. The van der Waals surface area contributed by atoms with Crippen molar-refractivity contribution < 1.29 is 9.21 Å². The van der Waals surface area contributed by atoms with Gasteiger partial charge in [-0.25, -0.2) is 0 Å². The smallest absolute Gasteiger partial charge is 0.251 e. The molecule has 25 heavy (non-hydrogen) atoms. The lowest BCUT2D eigenvalue weighted by atomic mass is 9.95. The molecule has 3 aliphatic heterocycles. The molecule has 5 rings (SSSR count). The number of furan rings is 1. The molecule has 6 heteroatoms. The van der Waals surface area contributed by atoms with Gasteiger partial charge in [0.05, 0.1) is 5.69 Å². The molecule has 0 spiro atoms. The number of fused-ring (bicyclic) bond motifs is 3. The van der Waals surface area contributed by atoms with Gasteiger partial charge in [-0.1, -0.05) is 0 Å². The molecule has 3 aliphatic rings. The molecule has 2 aromatic rings. The lowest BCUT2D eigenvalue weighted by molar-refractivity contribution is 0.0931. The van der Waals surface area contributed by atoms with E-state index in [1.165, 1.54) is 12.8 Å². The molecule has 4 heterocycles. The van der Waals surface area contributed by atoms with Gasteiger partial charge in [0.25, 0.3) is 5.91 Å². The highest BCUT2D eigenvalue weighted by Crippen LogP contribution is 2.32. The summed E-state index contributed by atoms with van der Waals surface area (Å²) >= 11 is 1.99. The van der Waals surface area contributed by atoms with Crippen molar-refractivity contribution in [1.29, 1.82) is 0 Å². The Morgan fingerprint density at radius 3 is 2.92 bits per heavy atom. The lowest BCUT2D eigenvalue weighted by Crippen LogP contribution is -2.42. The summed E-state index contributed by atoms with van der Waals surface area (Å²) in [7, 11) is 0. The minimum Gasteiger partial charge on any atom is -0.462 e. The Morgan fingerprint density at radius 2 is 2.16 bits per heavy atom. The van der Waals surface area contributed by atoms with Gasteiger partial charge in [0, 0.05) is 53.7 Å². The summed E-state index contributed by atoms with van der Waals surface area (Å²) < 4.78 is 5.72. The standard InChI is InChI=1S/C19H23N3O2S/c23-19(21-16-10-13-2-3-15(16)20-13)12-1-4-18-14(9-12)17(11-24-18)22-5-7-25-8-6-22/h1,4,9,11,13,15-16,20H,2-3,5-8,10H2,(H,21,23)/t13-,15+,16-/m1/s1. The molecule has 132 valence electrons. The molecule has 3 fully saturated rings. The maximum atomic E-state index is 12.7. The fraction of sp³-hybridized carbons (Fsp3) is 0.526. The van der Waals surface area contributed by atoms with Gasteiger partial charge in [-0.2, -0.15) is 11.8 Å². The molecule has 0 unspecified atom stereocenters. The lowest BCUT2D eigenvalue weighted by Gasteiger charge is -2.27. The minimum atomic E-state index is 0.0302. The van der Waals surface area contributed by atoms with Gasteiger partial charge in [-0.05, 0) is 37.5 Å². The van der Waals surface area contributed by atoms with Crippen LogP contribution in [0.1, 0.15) is 29.6 Å². The molecule has 3 saturated heterocycles. The zero-order valence-corrected chi connectivity index (χ0v) is 15.0. The summed E-state index contributed by atoms with van der Waals surface area (Å²) in [6, 6.07) is 7.10. The summed E-state index contributed by atoms with van der Waals surface area (Å²) in [6.07, 6.45) is 5.31. The Balaban J connectivity index is 1.38. The van der Waals surface area contributed by atoms with E-state index in [0.717, 1.165) is 53.2 Å². The first-order valence-electron chi connectivity index (χ1n) is 9.19. The third-order valence-corrected chi connectivity index (χ3v) is 6.73. The van der Waals surface area contributed by atoms with Crippen molar-refractivity contribution in [2.45, 2.75) is 37.4 Å². The third kappa shape index (κ3) is 2.81. The first-order chi connectivity index (χ1) is 12.3. The fourth-order valence-electron chi connectivity index (χ4n) is 4.44. The van der Waals surface area contributed by atoms with Crippen LogP contribution in [0.15, 0.2) is 28.9 Å². The first-order valence-corrected chi connectivity index (χ1v) is 10.3. The average molecular weight is 357 g/mol. The van der Waals surface area contributed by atoms with E-state index in [0.29, 0.717) is 12.1 Å². The first kappa shape index (κ1) is 15.6. The zero-order valence-electron chi connectivity index (χ0n) is 14.2. The molecule has 0 aliphatic carbocycles. The Bertz CT molecular complexity index is 799. The largest absolute Gasteiger partial charge is 0.462 e. The van der Waals surface area contributed by atoms with Crippen LogP contribution in [-0.4, -0.2) is 48.6 Å². The topological polar surface area (TPSA) is 57.5 Å². The Kier molecular flexibility index (Phi) is 3.90. The summed E-state index contributed by atoms with van der Waals surface area (Å²) in [5.41, 5.74) is 2.70. The highest BCUT2D eigenvalue weighted by atomic mass is 32.2. The van der Waals surface area contributed by atoms with E-state index in [9.17, 15) is 4.79 Å². The van der Waals surface area contributed by atoms with Crippen LogP contribution in [0, 0.1) is 0 Å². The van der Waals surface area contributed by atoms with Crippen LogP contribution in [-0.2, 0) is 0 Å². The number of carbonyl (C=O) groups excluding carboxylic acids is 1. The second-order valence-corrected chi connectivity index (χ2v) is 8.52. The molecule has 0 radical (unpaired) electrons. The average Bonchev–Trinajstić information content (AvgIpc) is 3.37. The van der Waals surface area contributed by atoms with Crippen molar-refractivity contribution in [3.8, 4) is 0 Å². The normalized spacial score (nSPS) is 28.6. The van der Waals surface area contributed by atoms with E-state index in [1.807, 2.05) is 36.2 Å². The minimum absolute atomic E-state index is 0.0302. The van der Waals surface area contributed by atoms with Gasteiger partial charge in [-0.3, -0.25) is 4.79 Å².